The third-order valence-corrected chi connectivity index (χ3v) is 6.74. The first kappa shape index (κ1) is 24.1. The highest BCUT2D eigenvalue weighted by Gasteiger charge is 2.28. The highest BCUT2D eigenvalue weighted by atomic mass is 79.9. The normalized spacial score (nSPS) is 12.9. The van der Waals surface area contributed by atoms with Gasteiger partial charge in [0.2, 0.25) is 0 Å². The number of benzene rings is 3. The van der Waals surface area contributed by atoms with Gasteiger partial charge in [0.25, 0.3) is 0 Å². The van der Waals surface area contributed by atoms with Gasteiger partial charge in [0.05, 0.1) is 21.3 Å². The van der Waals surface area contributed by atoms with Crippen LogP contribution in [0.3, 0.4) is 0 Å². The van der Waals surface area contributed by atoms with E-state index in [1.807, 2.05) is 42.5 Å². The molecule has 164 valence electrons. The molecule has 0 amide bonds. The van der Waals surface area contributed by atoms with Crippen molar-refractivity contribution in [2.45, 2.75) is 18.4 Å². The fourth-order valence-corrected chi connectivity index (χ4v) is 4.92. The highest BCUT2D eigenvalue weighted by Crippen LogP contribution is 2.43. The predicted octanol–water partition coefficient (Wildman–Crippen LogP) is 7.03. The summed E-state index contributed by atoms with van der Waals surface area (Å²) >= 11 is 10.8. The Labute approximate surface area is 208 Å². The largest absolute Gasteiger partial charge is 0.496 e. The molecule has 3 aromatic carbocycles. The average Bonchev–Trinajstić information content (AvgIpc) is 2.77. The summed E-state index contributed by atoms with van der Waals surface area (Å²) in [5.74, 6) is 2.23. The number of halogens is 3. The number of rotatable bonds is 8. The van der Waals surface area contributed by atoms with Gasteiger partial charge in [0, 0.05) is 36.5 Å². The van der Waals surface area contributed by atoms with Crippen molar-refractivity contribution in [3.63, 3.8) is 0 Å². The molecule has 4 nitrogen and oxygen atoms in total. The second-order valence-electron chi connectivity index (χ2n) is 7.07. The van der Waals surface area contributed by atoms with Crippen LogP contribution in [0.5, 0.6) is 17.2 Å². The van der Waals surface area contributed by atoms with E-state index in [1.165, 1.54) is 0 Å². The molecule has 31 heavy (non-hydrogen) atoms. The zero-order valence-electron chi connectivity index (χ0n) is 17.5. The van der Waals surface area contributed by atoms with Gasteiger partial charge in [-0.3, -0.25) is 0 Å². The van der Waals surface area contributed by atoms with Gasteiger partial charge in [-0.05, 0) is 66.6 Å². The molecule has 3 rings (SSSR count). The average molecular weight is 614 g/mol. The fourth-order valence-electron chi connectivity index (χ4n) is 3.75. The molecule has 0 aliphatic carbocycles. The van der Waals surface area contributed by atoms with Crippen molar-refractivity contribution in [2.24, 2.45) is 5.73 Å². The first-order chi connectivity index (χ1) is 14.9. The van der Waals surface area contributed by atoms with Crippen molar-refractivity contribution in [3.8, 4) is 17.2 Å². The molecular formula is C24H24Br3NO3. The Balaban J connectivity index is 2.17. The number of hydrogen-bond acceptors (Lipinski definition) is 4. The van der Waals surface area contributed by atoms with Crippen molar-refractivity contribution >= 4 is 47.8 Å². The van der Waals surface area contributed by atoms with Crippen molar-refractivity contribution in [1.82, 2.24) is 0 Å². The molecule has 7 heteroatoms. The Kier molecular flexibility index (Phi) is 8.44. The monoisotopic (exact) mass is 611 g/mol. The summed E-state index contributed by atoms with van der Waals surface area (Å²) in [6, 6.07) is 17.5. The van der Waals surface area contributed by atoms with Crippen LogP contribution >= 0.6 is 47.8 Å². The zero-order chi connectivity index (χ0) is 22.5. The molecule has 0 fully saturated rings. The van der Waals surface area contributed by atoms with Gasteiger partial charge in [0.1, 0.15) is 17.2 Å². The molecule has 0 saturated heterocycles. The predicted molar refractivity (Wildman–Crippen MR) is 135 cm³/mol. The minimum absolute atomic E-state index is 0.112. The smallest absolute Gasteiger partial charge is 0.123 e. The molecule has 2 unspecified atom stereocenters. The third-order valence-electron chi connectivity index (χ3n) is 5.26. The van der Waals surface area contributed by atoms with E-state index in [1.54, 1.807) is 21.3 Å². The summed E-state index contributed by atoms with van der Waals surface area (Å²) in [5, 5.41) is 0. The lowest BCUT2D eigenvalue weighted by Gasteiger charge is -2.28. The molecule has 2 atom stereocenters. The van der Waals surface area contributed by atoms with Crippen LogP contribution in [0.2, 0.25) is 0 Å². The van der Waals surface area contributed by atoms with Crippen molar-refractivity contribution in [2.75, 3.05) is 21.3 Å². The summed E-state index contributed by atoms with van der Waals surface area (Å²) < 4.78 is 19.9. The number of methoxy groups -OCH3 is 3. The summed E-state index contributed by atoms with van der Waals surface area (Å²) in [4.78, 5) is 0. The molecule has 3 aromatic rings. The van der Waals surface area contributed by atoms with Crippen LogP contribution in [0.25, 0.3) is 0 Å². The molecule has 0 heterocycles. The second-order valence-corrected chi connectivity index (χ2v) is 9.81. The highest BCUT2D eigenvalue weighted by molar-refractivity contribution is 9.11. The maximum absolute atomic E-state index is 6.94. The van der Waals surface area contributed by atoms with Crippen LogP contribution in [0.1, 0.15) is 28.7 Å². The molecule has 0 bridgehead atoms. The molecule has 0 saturated carbocycles. The van der Waals surface area contributed by atoms with Crippen molar-refractivity contribution in [1.29, 1.82) is 0 Å². The zero-order valence-corrected chi connectivity index (χ0v) is 22.3. The van der Waals surface area contributed by atoms with E-state index in [9.17, 15) is 0 Å². The summed E-state index contributed by atoms with van der Waals surface area (Å²) in [5.41, 5.74) is 9.92. The first-order valence-electron chi connectivity index (χ1n) is 9.62. The van der Waals surface area contributed by atoms with Crippen LogP contribution in [-0.2, 0) is 6.42 Å². The maximum atomic E-state index is 6.94. The number of nitrogens with two attached hydrogens (primary N) is 1. The minimum atomic E-state index is -0.362. The Morgan fingerprint density at radius 3 is 1.68 bits per heavy atom. The quantitative estimate of drug-likeness (QED) is 0.297. The van der Waals surface area contributed by atoms with Crippen LogP contribution < -0.4 is 19.9 Å². The Bertz CT molecular complexity index is 1060. The van der Waals surface area contributed by atoms with Crippen molar-refractivity contribution in [3.05, 3.63) is 84.7 Å². The van der Waals surface area contributed by atoms with Gasteiger partial charge >= 0.3 is 0 Å². The van der Waals surface area contributed by atoms with Gasteiger partial charge in [-0.15, -0.1) is 0 Å². The molecule has 0 aromatic heterocycles. The molecule has 2 N–H and O–H groups in total. The van der Waals surface area contributed by atoms with Gasteiger partial charge < -0.3 is 19.9 Å². The van der Waals surface area contributed by atoms with Crippen LogP contribution in [0.15, 0.2) is 68.0 Å². The van der Waals surface area contributed by atoms with E-state index in [-0.39, 0.29) is 12.0 Å². The van der Waals surface area contributed by atoms with E-state index in [2.05, 4.69) is 59.9 Å². The lowest BCUT2D eigenvalue weighted by atomic mass is 9.82. The van der Waals surface area contributed by atoms with Crippen LogP contribution in [-0.4, -0.2) is 21.3 Å². The molecule has 0 radical (unpaired) electrons. The van der Waals surface area contributed by atoms with Gasteiger partial charge in [0.15, 0.2) is 0 Å². The Hall–Kier alpha value is -1.54. The standard InChI is InChI=1S/C24H24Br3NO3/c1-29-21-7-4-15(25)10-14(21)11-19(18-12-16(26)5-8-22(18)30-2)24(28)20-13-17(27)6-9-23(20)31-3/h4-10,12-13,19,24H,11,28H2,1-3H3. The fraction of sp³-hybridized carbons (Fsp3) is 0.250. The second kappa shape index (κ2) is 10.9. The Morgan fingerprint density at radius 1 is 0.677 bits per heavy atom. The van der Waals surface area contributed by atoms with E-state index < -0.39 is 0 Å². The van der Waals surface area contributed by atoms with Crippen molar-refractivity contribution < 1.29 is 14.2 Å². The van der Waals surface area contributed by atoms with E-state index in [0.717, 1.165) is 47.4 Å². The Morgan fingerprint density at radius 2 is 1.13 bits per heavy atom. The van der Waals surface area contributed by atoms with Crippen LogP contribution in [0.4, 0.5) is 0 Å². The SMILES string of the molecule is COc1ccc(Br)cc1CC(c1cc(Br)ccc1OC)C(N)c1cc(Br)ccc1OC. The van der Waals surface area contributed by atoms with Gasteiger partial charge in [-0.1, -0.05) is 47.8 Å². The lowest BCUT2D eigenvalue weighted by molar-refractivity contribution is 0.385. The van der Waals surface area contributed by atoms with Gasteiger partial charge in [-0.25, -0.2) is 0 Å². The summed E-state index contributed by atoms with van der Waals surface area (Å²) in [6.45, 7) is 0. The number of ether oxygens (including phenoxy) is 3. The summed E-state index contributed by atoms with van der Waals surface area (Å²) in [7, 11) is 5.01. The molecule has 0 aliphatic rings. The van der Waals surface area contributed by atoms with E-state index in [0.29, 0.717) is 6.42 Å². The molecular weight excluding hydrogens is 590 g/mol. The number of hydrogen-bond donors (Lipinski definition) is 1. The maximum Gasteiger partial charge on any atom is 0.123 e. The topological polar surface area (TPSA) is 53.7 Å². The van der Waals surface area contributed by atoms with E-state index in [4.69, 9.17) is 19.9 Å². The summed E-state index contributed by atoms with van der Waals surface area (Å²) in [6.07, 6.45) is 0.645. The molecule has 0 aliphatic heterocycles. The lowest BCUT2D eigenvalue weighted by Crippen LogP contribution is -2.23. The van der Waals surface area contributed by atoms with Gasteiger partial charge in [-0.2, -0.15) is 0 Å². The van der Waals surface area contributed by atoms with Crippen LogP contribution in [0, 0.1) is 0 Å². The molecule has 0 spiro atoms. The third kappa shape index (κ3) is 5.64. The first-order valence-corrected chi connectivity index (χ1v) is 12.0. The van der Waals surface area contributed by atoms with E-state index >= 15 is 0 Å². The minimum Gasteiger partial charge on any atom is -0.496 e.